The molecule has 0 amide bonds. The Hall–Kier alpha value is -1.70. The molecular formula is C22H40O2. The van der Waals surface area contributed by atoms with Crippen molar-refractivity contribution in [2.75, 3.05) is 0 Å². The second kappa shape index (κ2) is 26.2. The molecule has 0 aliphatic rings. The Balaban J connectivity index is -0.000000114. The van der Waals surface area contributed by atoms with Gasteiger partial charge in [0, 0.05) is 25.7 Å². The number of allylic oxidation sites excluding steroid dienone is 4. The van der Waals surface area contributed by atoms with Gasteiger partial charge in [-0.15, -0.1) is 0 Å². The Kier molecular flexibility index (Phi) is 33.0. The predicted octanol–water partition coefficient (Wildman–Crippen LogP) is 7.03. The van der Waals surface area contributed by atoms with E-state index >= 15 is 0 Å². The van der Waals surface area contributed by atoms with Crippen molar-refractivity contribution < 1.29 is 9.59 Å². The van der Waals surface area contributed by atoms with Crippen LogP contribution >= 0.6 is 0 Å². The van der Waals surface area contributed by atoms with Crippen molar-refractivity contribution in [3.05, 3.63) is 49.6 Å². The summed E-state index contributed by atoms with van der Waals surface area (Å²) in [5, 5.41) is 0. The molecule has 0 saturated carbocycles. The molecular weight excluding hydrogens is 296 g/mol. The minimum Gasteiger partial charge on any atom is -0.300 e. The van der Waals surface area contributed by atoms with Crippen LogP contribution in [-0.2, 0) is 9.59 Å². The van der Waals surface area contributed by atoms with E-state index in [0.29, 0.717) is 30.8 Å². The molecule has 0 fully saturated rings. The maximum Gasteiger partial charge on any atom is 0.132 e. The van der Waals surface area contributed by atoms with Gasteiger partial charge in [-0.25, -0.2) is 0 Å². The largest absolute Gasteiger partial charge is 0.300 e. The van der Waals surface area contributed by atoms with Crippen molar-refractivity contribution >= 4 is 11.6 Å². The van der Waals surface area contributed by atoms with Crippen LogP contribution in [0.1, 0.15) is 80.1 Å². The highest BCUT2D eigenvalue weighted by molar-refractivity contribution is 5.78. The Labute approximate surface area is 151 Å². The third-order valence-electron chi connectivity index (χ3n) is 2.69. The minimum absolute atomic E-state index is 0.343. The maximum atomic E-state index is 10.6. The van der Waals surface area contributed by atoms with E-state index in [9.17, 15) is 9.59 Å². The Bertz CT molecular complexity index is 338. The van der Waals surface area contributed by atoms with Crippen LogP contribution in [0.25, 0.3) is 0 Å². The van der Waals surface area contributed by atoms with Crippen molar-refractivity contribution in [1.29, 1.82) is 0 Å². The molecule has 140 valence electrons. The van der Waals surface area contributed by atoms with Gasteiger partial charge in [0.05, 0.1) is 0 Å². The highest BCUT2D eigenvalue weighted by atomic mass is 16.1. The maximum absolute atomic E-state index is 10.6. The SMILES string of the molecule is C=CC(=C)C.C=CC(=C)C.CCC(=O)CC.CCCCC(=O)CC. The zero-order valence-corrected chi connectivity index (χ0v) is 17.0. The predicted molar refractivity (Wildman–Crippen MR) is 110 cm³/mol. The average molecular weight is 337 g/mol. The number of hydrogen-bond acceptors (Lipinski definition) is 2. The summed E-state index contributed by atoms with van der Waals surface area (Å²) in [4.78, 5) is 20.8. The summed E-state index contributed by atoms with van der Waals surface area (Å²) in [5.74, 6) is 0.738. The summed E-state index contributed by atoms with van der Waals surface area (Å²) >= 11 is 0. The van der Waals surface area contributed by atoms with Crippen LogP contribution in [0.2, 0.25) is 0 Å². The van der Waals surface area contributed by atoms with E-state index in [4.69, 9.17) is 0 Å². The molecule has 0 bridgehead atoms. The molecule has 0 atom stereocenters. The molecule has 0 unspecified atom stereocenters. The van der Waals surface area contributed by atoms with Crippen LogP contribution in [0.4, 0.5) is 0 Å². The lowest BCUT2D eigenvalue weighted by Crippen LogP contribution is -1.92. The van der Waals surface area contributed by atoms with Gasteiger partial charge in [0.25, 0.3) is 0 Å². The van der Waals surface area contributed by atoms with E-state index in [1.165, 1.54) is 0 Å². The molecule has 2 nitrogen and oxygen atoms in total. The summed E-state index contributed by atoms with van der Waals surface area (Å²) in [7, 11) is 0. The zero-order chi connectivity index (χ0) is 20.0. The number of unbranched alkanes of at least 4 members (excludes halogenated alkanes) is 1. The van der Waals surface area contributed by atoms with Crippen molar-refractivity contribution in [1.82, 2.24) is 0 Å². The monoisotopic (exact) mass is 336 g/mol. The highest BCUT2D eigenvalue weighted by Crippen LogP contribution is 1.96. The fourth-order valence-corrected chi connectivity index (χ4v) is 0.801. The number of carbonyl (C=O) groups is 2. The molecule has 24 heavy (non-hydrogen) atoms. The first-order chi connectivity index (χ1) is 11.2. The van der Waals surface area contributed by atoms with E-state index in [1.54, 1.807) is 12.2 Å². The first-order valence-corrected chi connectivity index (χ1v) is 8.75. The number of rotatable bonds is 8. The summed E-state index contributed by atoms with van der Waals surface area (Å²) < 4.78 is 0. The van der Waals surface area contributed by atoms with Gasteiger partial charge in [0.15, 0.2) is 0 Å². The van der Waals surface area contributed by atoms with Gasteiger partial charge in [0.2, 0.25) is 0 Å². The first-order valence-electron chi connectivity index (χ1n) is 8.75. The fourth-order valence-electron chi connectivity index (χ4n) is 0.801. The Morgan fingerprint density at radius 1 is 0.750 bits per heavy atom. The van der Waals surface area contributed by atoms with Crippen molar-refractivity contribution in [3.8, 4) is 0 Å². The molecule has 0 aromatic rings. The van der Waals surface area contributed by atoms with Crippen LogP contribution in [0.15, 0.2) is 49.6 Å². The number of hydrogen-bond donors (Lipinski definition) is 0. The van der Waals surface area contributed by atoms with Gasteiger partial charge in [-0.2, -0.15) is 0 Å². The van der Waals surface area contributed by atoms with Crippen LogP contribution < -0.4 is 0 Å². The average Bonchev–Trinajstić information content (AvgIpc) is 2.60. The van der Waals surface area contributed by atoms with Crippen molar-refractivity contribution in [3.63, 3.8) is 0 Å². The molecule has 0 saturated heterocycles. The molecule has 0 aromatic carbocycles. The van der Waals surface area contributed by atoms with Crippen LogP contribution in [0.5, 0.6) is 0 Å². The molecule has 0 spiro atoms. The van der Waals surface area contributed by atoms with Gasteiger partial charge in [-0.1, -0.05) is 83.7 Å². The standard InChI is InChI=1S/C7H14O.C5H10O.2C5H8/c1-3-5-6-7(8)4-2;1-3-5(6)4-2;2*1-4-5(2)3/h3-6H2,1-2H3;3-4H2,1-2H3;2*4H,1-2H2,3H3. The van der Waals surface area contributed by atoms with Crippen LogP contribution in [-0.4, -0.2) is 11.6 Å². The summed E-state index contributed by atoms with van der Waals surface area (Å²) in [6, 6.07) is 0. The second-order valence-electron chi connectivity index (χ2n) is 5.34. The first kappa shape index (κ1) is 30.2. The Morgan fingerprint density at radius 2 is 1.04 bits per heavy atom. The van der Waals surface area contributed by atoms with Gasteiger partial charge in [-0.3, -0.25) is 9.59 Å². The lowest BCUT2D eigenvalue weighted by Gasteiger charge is -1.91. The lowest BCUT2D eigenvalue weighted by atomic mass is 10.1. The van der Waals surface area contributed by atoms with E-state index in [1.807, 2.05) is 34.6 Å². The zero-order valence-electron chi connectivity index (χ0n) is 17.0. The summed E-state index contributed by atoms with van der Waals surface area (Å²) in [6.45, 7) is 25.6. The third kappa shape index (κ3) is 50.0. The second-order valence-corrected chi connectivity index (χ2v) is 5.34. The number of ketones is 2. The number of Topliss-reactive ketones (excluding diaryl/α,β-unsaturated/α-hetero) is 2. The fraction of sp³-hybridized carbons (Fsp3) is 0.545. The molecule has 0 heterocycles. The molecule has 2 heteroatoms. The summed E-state index contributed by atoms with van der Waals surface area (Å²) in [5.41, 5.74) is 2.04. The van der Waals surface area contributed by atoms with Crippen molar-refractivity contribution in [2.24, 2.45) is 0 Å². The topological polar surface area (TPSA) is 34.1 Å². The quantitative estimate of drug-likeness (QED) is 0.446. The number of carbonyl (C=O) groups excluding carboxylic acids is 2. The normalized spacial score (nSPS) is 7.92. The molecule has 0 aliphatic carbocycles. The van der Waals surface area contributed by atoms with Gasteiger partial charge >= 0.3 is 0 Å². The van der Waals surface area contributed by atoms with Crippen LogP contribution in [0.3, 0.4) is 0 Å². The van der Waals surface area contributed by atoms with E-state index in [2.05, 4.69) is 33.2 Å². The van der Waals surface area contributed by atoms with Crippen molar-refractivity contribution in [2.45, 2.75) is 80.1 Å². The lowest BCUT2D eigenvalue weighted by molar-refractivity contribution is -0.119. The molecule has 0 aliphatic heterocycles. The molecule has 0 N–H and O–H groups in total. The summed E-state index contributed by atoms with van der Waals surface area (Å²) in [6.07, 6.45) is 8.51. The van der Waals surface area contributed by atoms with Crippen LogP contribution in [0, 0.1) is 0 Å². The van der Waals surface area contributed by atoms with E-state index in [-0.39, 0.29) is 0 Å². The van der Waals surface area contributed by atoms with Gasteiger partial charge in [-0.05, 0) is 20.3 Å². The molecule has 0 radical (unpaired) electrons. The molecule has 0 aromatic heterocycles. The minimum atomic E-state index is 0.343. The van der Waals surface area contributed by atoms with E-state index in [0.717, 1.165) is 30.4 Å². The van der Waals surface area contributed by atoms with Gasteiger partial charge < -0.3 is 0 Å². The molecule has 0 rings (SSSR count). The highest BCUT2D eigenvalue weighted by Gasteiger charge is 1.93. The third-order valence-corrected chi connectivity index (χ3v) is 2.69. The Morgan fingerprint density at radius 3 is 1.17 bits per heavy atom. The smallest absolute Gasteiger partial charge is 0.132 e. The van der Waals surface area contributed by atoms with E-state index < -0.39 is 0 Å². The van der Waals surface area contributed by atoms with Gasteiger partial charge in [0.1, 0.15) is 11.6 Å².